The lowest BCUT2D eigenvalue weighted by Gasteiger charge is -2.07. The average molecular weight is 362 g/mol. The first-order valence-corrected chi connectivity index (χ1v) is 8.50. The SMILES string of the molecule is COc1ccc2c(CC(=O)NCc3nncn3-c3ccccc3)coc2c1. The van der Waals surface area contributed by atoms with Crippen LogP contribution in [0.15, 0.2) is 65.5 Å². The van der Waals surface area contributed by atoms with Gasteiger partial charge in [-0.15, -0.1) is 10.2 Å². The Balaban J connectivity index is 1.43. The van der Waals surface area contributed by atoms with Gasteiger partial charge in [-0.1, -0.05) is 18.2 Å². The predicted octanol–water partition coefficient (Wildman–Crippen LogP) is 2.88. The molecular weight excluding hydrogens is 344 g/mol. The fourth-order valence-corrected chi connectivity index (χ4v) is 2.92. The van der Waals surface area contributed by atoms with Crippen molar-refractivity contribution in [2.24, 2.45) is 0 Å². The summed E-state index contributed by atoms with van der Waals surface area (Å²) in [6.45, 7) is 0.289. The van der Waals surface area contributed by atoms with Crippen LogP contribution in [0.4, 0.5) is 0 Å². The van der Waals surface area contributed by atoms with Gasteiger partial charge in [0.25, 0.3) is 0 Å². The van der Waals surface area contributed by atoms with Crippen molar-refractivity contribution in [3.8, 4) is 11.4 Å². The van der Waals surface area contributed by atoms with Crippen LogP contribution in [-0.4, -0.2) is 27.8 Å². The lowest BCUT2D eigenvalue weighted by molar-refractivity contribution is -0.120. The standard InChI is InChI=1S/C20H18N4O3/c1-26-16-7-8-17-14(12-27-18(17)10-16)9-20(25)21-11-19-23-22-13-24(19)15-5-3-2-4-6-15/h2-8,10,12-13H,9,11H2,1H3,(H,21,25). The van der Waals surface area contributed by atoms with E-state index in [1.54, 1.807) is 25.8 Å². The Morgan fingerprint density at radius 2 is 2.07 bits per heavy atom. The van der Waals surface area contributed by atoms with Crippen LogP contribution in [0.1, 0.15) is 11.4 Å². The Hall–Kier alpha value is -3.61. The minimum Gasteiger partial charge on any atom is -0.497 e. The number of hydrogen-bond donors (Lipinski definition) is 1. The molecule has 2 aromatic carbocycles. The molecule has 0 saturated heterocycles. The molecule has 2 aromatic heterocycles. The van der Waals surface area contributed by atoms with Gasteiger partial charge in [0.2, 0.25) is 5.91 Å². The molecule has 0 aliphatic carbocycles. The second-order valence-corrected chi connectivity index (χ2v) is 6.03. The van der Waals surface area contributed by atoms with Crippen LogP contribution in [0.5, 0.6) is 5.75 Å². The van der Waals surface area contributed by atoms with Gasteiger partial charge in [0, 0.05) is 22.7 Å². The van der Waals surface area contributed by atoms with Gasteiger partial charge >= 0.3 is 0 Å². The molecule has 0 radical (unpaired) electrons. The summed E-state index contributed by atoms with van der Waals surface area (Å²) in [4.78, 5) is 12.4. The number of rotatable bonds is 6. The third kappa shape index (κ3) is 3.52. The van der Waals surface area contributed by atoms with Crippen LogP contribution in [-0.2, 0) is 17.8 Å². The van der Waals surface area contributed by atoms with Crippen molar-refractivity contribution in [1.29, 1.82) is 0 Å². The van der Waals surface area contributed by atoms with E-state index in [0.29, 0.717) is 17.2 Å². The molecule has 0 spiro atoms. The van der Waals surface area contributed by atoms with Gasteiger partial charge in [0.05, 0.1) is 26.3 Å². The molecule has 27 heavy (non-hydrogen) atoms. The Morgan fingerprint density at radius 1 is 1.22 bits per heavy atom. The molecule has 2 heterocycles. The van der Waals surface area contributed by atoms with E-state index in [-0.39, 0.29) is 18.9 Å². The van der Waals surface area contributed by atoms with E-state index < -0.39 is 0 Å². The van der Waals surface area contributed by atoms with Gasteiger partial charge in [0.15, 0.2) is 5.82 Å². The number of nitrogens with zero attached hydrogens (tertiary/aromatic N) is 3. The van der Waals surface area contributed by atoms with Gasteiger partial charge in [-0.2, -0.15) is 0 Å². The number of carbonyl (C=O) groups is 1. The van der Waals surface area contributed by atoms with Crippen molar-refractivity contribution in [3.05, 3.63) is 72.5 Å². The Morgan fingerprint density at radius 3 is 2.89 bits per heavy atom. The quantitative estimate of drug-likeness (QED) is 0.570. The Labute approximate surface area is 155 Å². The van der Waals surface area contributed by atoms with Crippen LogP contribution < -0.4 is 10.1 Å². The molecular formula is C20H18N4O3. The summed E-state index contributed by atoms with van der Waals surface area (Å²) in [6.07, 6.45) is 3.46. The topological polar surface area (TPSA) is 82.2 Å². The van der Waals surface area contributed by atoms with Crippen molar-refractivity contribution >= 4 is 16.9 Å². The number of para-hydroxylation sites is 1. The van der Waals surface area contributed by atoms with Crippen molar-refractivity contribution in [2.45, 2.75) is 13.0 Å². The second kappa shape index (κ2) is 7.33. The van der Waals surface area contributed by atoms with Gasteiger partial charge < -0.3 is 14.5 Å². The van der Waals surface area contributed by atoms with Crippen LogP contribution in [0.3, 0.4) is 0 Å². The summed E-state index contributed by atoms with van der Waals surface area (Å²) in [5.74, 6) is 1.26. The number of nitrogens with one attached hydrogen (secondary N) is 1. The van der Waals surface area contributed by atoms with Crippen molar-refractivity contribution < 1.29 is 13.9 Å². The smallest absolute Gasteiger partial charge is 0.224 e. The molecule has 1 N–H and O–H groups in total. The molecule has 0 unspecified atom stereocenters. The van der Waals surface area contributed by atoms with E-state index >= 15 is 0 Å². The summed E-state index contributed by atoms with van der Waals surface area (Å²) < 4.78 is 12.6. The number of carbonyl (C=O) groups excluding carboxylic acids is 1. The van der Waals surface area contributed by atoms with Crippen LogP contribution in [0.25, 0.3) is 16.7 Å². The van der Waals surface area contributed by atoms with Crippen molar-refractivity contribution in [3.63, 3.8) is 0 Å². The van der Waals surface area contributed by atoms with Gasteiger partial charge in [-0.3, -0.25) is 9.36 Å². The highest BCUT2D eigenvalue weighted by Crippen LogP contribution is 2.25. The summed E-state index contributed by atoms with van der Waals surface area (Å²) in [7, 11) is 1.60. The summed E-state index contributed by atoms with van der Waals surface area (Å²) in [5, 5.41) is 11.8. The number of aromatic nitrogens is 3. The first kappa shape index (κ1) is 16.8. The van der Waals surface area contributed by atoms with Crippen LogP contribution in [0.2, 0.25) is 0 Å². The Kier molecular flexibility index (Phi) is 4.57. The zero-order valence-corrected chi connectivity index (χ0v) is 14.8. The minimum absolute atomic E-state index is 0.115. The van der Waals surface area contributed by atoms with Crippen molar-refractivity contribution in [1.82, 2.24) is 20.1 Å². The fraction of sp³-hybridized carbons (Fsp3) is 0.150. The number of benzene rings is 2. The molecule has 7 nitrogen and oxygen atoms in total. The fourth-order valence-electron chi connectivity index (χ4n) is 2.92. The number of furan rings is 1. The third-order valence-electron chi connectivity index (χ3n) is 4.31. The zero-order valence-electron chi connectivity index (χ0n) is 14.8. The molecule has 4 rings (SSSR count). The molecule has 0 aliphatic heterocycles. The maximum absolute atomic E-state index is 12.4. The third-order valence-corrected chi connectivity index (χ3v) is 4.31. The number of ether oxygens (including phenoxy) is 1. The van der Waals surface area contributed by atoms with E-state index in [4.69, 9.17) is 9.15 Å². The van der Waals surface area contributed by atoms with E-state index in [1.165, 1.54) is 0 Å². The summed E-state index contributed by atoms with van der Waals surface area (Å²) in [5.41, 5.74) is 2.47. The first-order valence-electron chi connectivity index (χ1n) is 8.50. The van der Waals surface area contributed by atoms with E-state index in [9.17, 15) is 4.79 Å². The van der Waals surface area contributed by atoms with Gasteiger partial charge in [-0.25, -0.2) is 0 Å². The number of methoxy groups -OCH3 is 1. The first-order chi connectivity index (χ1) is 13.2. The predicted molar refractivity (Wildman–Crippen MR) is 99.7 cm³/mol. The van der Waals surface area contributed by atoms with Crippen LogP contribution >= 0.6 is 0 Å². The zero-order chi connectivity index (χ0) is 18.6. The molecule has 0 bridgehead atoms. The molecule has 4 aromatic rings. The largest absolute Gasteiger partial charge is 0.497 e. The summed E-state index contributed by atoms with van der Waals surface area (Å²) >= 11 is 0. The number of fused-ring (bicyclic) bond motifs is 1. The molecule has 0 aliphatic rings. The Bertz CT molecular complexity index is 1070. The number of amides is 1. The maximum atomic E-state index is 12.4. The molecule has 7 heteroatoms. The van der Waals surface area contributed by atoms with Crippen LogP contribution in [0, 0.1) is 0 Å². The molecule has 0 saturated carbocycles. The highest BCUT2D eigenvalue weighted by molar-refractivity contribution is 5.88. The second-order valence-electron chi connectivity index (χ2n) is 6.03. The average Bonchev–Trinajstić information content (AvgIpc) is 3.34. The summed E-state index contributed by atoms with van der Waals surface area (Å²) in [6, 6.07) is 15.3. The van der Waals surface area contributed by atoms with Crippen molar-refractivity contribution in [2.75, 3.05) is 7.11 Å². The van der Waals surface area contributed by atoms with Gasteiger partial charge in [-0.05, 0) is 24.3 Å². The van der Waals surface area contributed by atoms with E-state index in [2.05, 4.69) is 15.5 Å². The lowest BCUT2D eigenvalue weighted by atomic mass is 10.1. The normalized spacial score (nSPS) is 10.9. The lowest BCUT2D eigenvalue weighted by Crippen LogP contribution is -2.26. The highest BCUT2D eigenvalue weighted by atomic mass is 16.5. The van der Waals surface area contributed by atoms with E-state index in [1.807, 2.05) is 47.0 Å². The monoisotopic (exact) mass is 362 g/mol. The van der Waals surface area contributed by atoms with E-state index in [0.717, 1.165) is 16.6 Å². The minimum atomic E-state index is -0.115. The molecule has 0 atom stereocenters. The molecule has 0 fully saturated rings. The van der Waals surface area contributed by atoms with Gasteiger partial charge in [0.1, 0.15) is 17.7 Å². The highest BCUT2D eigenvalue weighted by Gasteiger charge is 2.13. The molecule has 136 valence electrons. The maximum Gasteiger partial charge on any atom is 0.224 e. The number of hydrogen-bond acceptors (Lipinski definition) is 5. The molecule has 1 amide bonds.